The molecule has 0 saturated heterocycles. The van der Waals surface area contributed by atoms with Gasteiger partial charge in [-0.2, -0.15) is 0 Å². The Bertz CT molecular complexity index is 584. The molecule has 0 atom stereocenters. The number of hydrogen-bond donors (Lipinski definition) is 1. The highest BCUT2D eigenvalue weighted by molar-refractivity contribution is 9.10. The molecule has 0 saturated carbocycles. The summed E-state index contributed by atoms with van der Waals surface area (Å²) < 4.78 is 32.4. The van der Waals surface area contributed by atoms with Crippen molar-refractivity contribution in [3.05, 3.63) is 63.6 Å². The van der Waals surface area contributed by atoms with E-state index in [1.807, 2.05) is 25.2 Å². The van der Waals surface area contributed by atoms with Crippen LogP contribution in [0.5, 0.6) is 5.75 Å². The number of ether oxygens (including phenoxy) is 1. The van der Waals surface area contributed by atoms with E-state index in [-0.39, 0.29) is 12.4 Å². The Morgan fingerprint density at radius 2 is 1.80 bits per heavy atom. The highest BCUT2D eigenvalue weighted by Crippen LogP contribution is 2.22. The van der Waals surface area contributed by atoms with E-state index in [9.17, 15) is 8.78 Å². The largest absolute Gasteiger partial charge is 0.489 e. The van der Waals surface area contributed by atoms with Crippen LogP contribution in [0.15, 0.2) is 40.9 Å². The topological polar surface area (TPSA) is 21.3 Å². The molecule has 0 amide bonds. The van der Waals surface area contributed by atoms with Crippen LogP contribution in [0.3, 0.4) is 0 Å². The van der Waals surface area contributed by atoms with Crippen molar-refractivity contribution in [2.24, 2.45) is 0 Å². The highest BCUT2D eigenvalue weighted by Gasteiger charge is 2.05. The summed E-state index contributed by atoms with van der Waals surface area (Å²) in [5.41, 5.74) is 2.05. The summed E-state index contributed by atoms with van der Waals surface area (Å²) >= 11 is 3.46. The average molecular weight is 342 g/mol. The molecule has 2 rings (SSSR count). The number of rotatable bonds is 5. The molecule has 2 aromatic carbocycles. The van der Waals surface area contributed by atoms with E-state index in [0.717, 1.165) is 40.3 Å². The van der Waals surface area contributed by atoms with Crippen LogP contribution in [-0.4, -0.2) is 7.05 Å². The number of benzene rings is 2. The third kappa shape index (κ3) is 4.02. The maximum absolute atomic E-state index is 13.0. The van der Waals surface area contributed by atoms with Crippen molar-refractivity contribution in [1.29, 1.82) is 0 Å². The zero-order valence-electron chi connectivity index (χ0n) is 10.9. The summed E-state index contributed by atoms with van der Waals surface area (Å²) in [6.07, 6.45) is 0. The Labute approximate surface area is 124 Å². The zero-order chi connectivity index (χ0) is 14.5. The van der Waals surface area contributed by atoms with E-state index < -0.39 is 11.6 Å². The normalized spacial score (nSPS) is 10.6. The Kier molecular flexibility index (Phi) is 5.09. The second kappa shape index (κ2) is 6.81. The molecule has 20 heavy (non-hydrogen) atoms. The summed E-state index contributed by atoms with van der Waals surface area (Å²) in [6.45, 7) is 1.01. The molecule has 0 aromatic heterocycles. The van der Waals surface area contributed by atoms with Gasteiger partial charge in [0.2, 0.25) is 0 Å². The average Bonchev–Trinajstić information content (AvgIpc) is 2.37. The minimum Gasteiger partial charge on any atom is -0.489 e. The summed E-state index contributed by atoms with van der Waals surface area (Å²) in [4.78, 5) is 0. The maximum Gasteiger partial charge on any atom is 0.129 e. The van der Waals surface area contributed by atoms with E-state index in [0.29, 0.717) is 0 Å². The van der Waals surface area contributed by atoms with Crippen molar-refractivity contribution < 1.29 is 13.5 Å². The van der Waals surface area contributed by atoms with Crippen LogP contribution in [0.2, 0.25) is 0 Å². The van der Waals surface area contributed by atoms with Crippen molar-refractivity contribution in [3.63, 3.8) is 0 Å². The smallest absolute Gasteiger partial charge is 0.129 e. The molecule has 0 unspecified atom stereocenters. The van der Waals surface area contributed by atoms with Gasteiger partial charge in [0.05, 0.1) is 0 Å². The first-order valence-electron chi connectivity index (χ1n) is 6.09. The van der Waals surface area contributed by atoms with Gasteiger partial charge in [-0.3, -0.25) is 0 Å². The van der Waals surface area contributed by atoms with Gasteiger partial charge in [-0.1, -0.05) is 28.1 Å². The van der Waals surface area contributed by atoms with Gasteiger partial charge < -0.3 is 10.1 Å². The number of nitrogens with one attached hydrogen (secondary N) is 1. The van der Waals surface area contributed by atoms with E-state index in [2.05, 4.69) is 21.2 Å². The van der Waals surface area contributed by atoms with E-state index in [4.69, 9.17) is 4.74 Å². The van der Waals surface area contributed by atoms with Crippen molar-refractivity contribution in [2.75, 3.05) is 7.05 Å². The fourth-order valence-electron chi connectivity index (χ4n) is 1.79. The van der Waals surface area contributed by atoms with Crippen molar-refractivity contribution >= 4 is 15.9 Å². The zero-order valence-corrected chi connectivity index (χ0v) is 12.5. The van der Waals surface area contributed by atoms with Crippen molar-refractivity contribution in [2.45, 2.75) is 13.2 Å². The molecule has 0 bridgehead atoms. The van der Waals surface area contributed by atoms with Crippen LogP contribution < -0.4 is 10.1 Å². The second-order valence-electron chi connectivity index (χ2n) is 4.35. The van der Waals surface area contributed by atoms with Crippen molar-refractivity contribution in [1.82, 2.24) is 5.32 Å². The molecule has 106 valence electrons. The molecule has 0 fully saturated rings. The summed E-state index contributed by atoms with van der Waals surface area (Å²) in [5, 5.41) is 3.07. The second-order valence-corrected chi connectivity index (χ2v) is 5.20. The third-order valence-corrected chi connectivity index (χ3v) is 3.47. The lowest BCUT2D eigenvalue weighted by molar-refractivity contribution is 0.302. The van der Waals surface area contributed by atoms with E-state index in [1.165, 1.54) is 0 Å². The van der Waals surface area contributed by atoms with Crippen LogP contribution in [-0.2, 0) is 13.2 Å². The molecule has 2 aromatic rings. The molecule has 2 nitrogen and oxygen atoms in total. The quantitative estimate of drug-likeness (QED) is 0.886. The third-order valence-electron chi connectivity index (χ3n) is 2.73. The number of hydrogen-bond acceptors (Lipinski definition) is 2. The first kappa shape index (κ1) is 14.9. The van der Waals surface area contributed by atoms with Gasteiger partial charge in [0.25, 0.3) is 0 Å². The van der Waals surface area contributed by atoms with Crippen LogP contribution >= 0.6 is 15.9 Å². The Hall–Kier alpha value is -1.46. The van der Waals surface area contributed by atoms with Crippen LogP contribution in [0.25, 0.3) is 0 Å². The molecular formula is C15H14BrF2NO. The Balaban J connectivity index is 2.06. The minimum atomic E-state index is -0.650. The van der Waals surface area contributed by atoms with Gasteiger partial charge >= 0.3 is 0 Å². The van der Waals surface area contributed by atoms with Gasteiger partial charge in [-0.25, -0.2) is 8.78 Å². The minimum absolute atomic E-state index is 0.175. The summed E-state index contributed by atoms with van der Waals surface area (Å²) in [5.74, 6) is -1.12. The van der Waals surface area contributed by atoms with Crippen molar-refractivity contribution in [3.8, 4) is 5.75 Å². The fourth-order valence-corrected chi connectivity index (χ4v) is 2.34. The first-order valence-corrected chi connectivity index (χ1v) is 6.88. The lowest BCUT2D eigenvalue weighted by atomic mass is 10.1. The lowest BCUT2D eigenvalue weighted by Crippen LogP contribution is -2.05. The van der Waals surface area contributed by atoms with Gasteiger partial charge in [0.1, 0.15) is 24.0 Å². The molecule has 0 aliphatic heterocycles. The molecule has 0 aliphatic rings. The van der Waals surface area contributed by atoms with E-state index >= 15 is 0 Å². The Morgan fingerprint density at radius 1 is 1.10 bits per heavy atom. The molecule has 1 N–H and O–H groups in total. The monoisotopic (exact) mass is 341 g/mol. The summed E-state index contributed by atoms with van der Waals surface area (Å²) in [6, 6.07) is 9.02. The molecular weight excluding hydrogens is 328 g/mol. The van der Waals surface area contributed by atoms with Gasteiger partial charge in [0.15, 0.2) is 0 Å². The molecule has 0 heterocycles. The predicted octanol–water partition coefficient (Wildman–Crippen LogP) is 4.03. The van der Waals surface area contributed by atoms with E-state index in [1.54, 1.807) is 0 Å². The number of halogens is 3. The summed E-state index contributed by atoms with van der Waals surface area (Å²) in [7, 11) is 1.88. The van der Waals surface area contributed by atoms with Crippen LogP contribution in [0.1, 0.15) is 11.1 Å². The molecule has 5 heteroatoms. The standard InChI is InChI=1S/C15H14BrF2NO/c1-19-8-10-2-3-11(15(16)4-10)9-20-14-6-12(17)5-13(18)7-14/h2-7,19H,8-9H2,1H3. The maximum atomic E-state index is 13.0. The van der Waals surface area contributed by atoms with Crippen LogP contribution in [0, 0.1) is 11.6 Å². The molecule has 0 aliphatic carbocycles. The predicted molar refractivity (Wildman–Crippen MR) is 77.6 cm³/mol. The van der Waals surface area contributed by atoms with Gasteiger partial charge in [-0.05, 0) is 18.7 Å². The lowest BCUT2D eigenvalue weighted by Gasteiger charge is -2.10. The molecule has 0 spiro atoms. The SMILES string of the molecule is CNCc1ccc(COc2cc(F)cc(F)c2)c(Br)c1. The molecule has 0 radical (unpaired) electrons. The van der Waals surface area contributed by atoms with Gasteiger partial charge in [0, 0.05) is 34.8 Å². The fraction of sp³-hybridized carbons (Fsp3) is 0.200. The van der Waals surface area contributed by atoms with Gasteiger partial charge in [-0.15, -0.1) is 0 Å². The highest BCUT2D eigenvalue weighted by atomic mass is 79.9. The first-order chi connectivity index (χ1) is 9.58. The Morgan fingerprint density at radius 3 is 2.40 bits per heavy atom. The van der Waals surface area contributed by atoms with Crippen LogP contribution in [0.4, 0.5) is 8.78 Å².